The number of nitrogens with zero attached hydrogens (tertiary/aromatic N) is 1. The number of hydrogen-bond acceptors (Lipinski definition) is 4. The molecule has 1 aromatic heterocycles. The number of fused-ring (bicyclic) bond motifs is 1. The van der Waals surface area contributed by atoms with E-state index in [4.69, 9.17) is 9.47 Å². The first-order valence-corrected chi connectivity index (χ1v) is 7.11. The number of H-pyrrole nitrogens is 1. The number of nitrogens with one attached hydrogen (secondary N) is 1. The molecule has 0 atom stereocenters. The fourth-order valence-corrected chi connectivity index (χ4v) is 2.21. The summed E-state index contributed by atoms with van der Waals surface area (Å²) >= 11 is 3.21. The van der Waals surface area contributed by atoms with Gasteiger partial charge in [0.15, 0.2) is 11.5 Å². The van der Waals surface area contributed by atoms with Gasteiger partial charge in [-0.1, -0.05) is 0 Å². The van der Waals surface area contributed by atoms with Crippen molar-refractivity contribution < 1.29 is 9.47 Å². The third-order valence-electron chi connectivity index (χ3n) is 3.05. The molecule has 0 fully saturated rings. The molecular formula is C14H13BrN2O3. The molecular weight excluding hydrogens is 324 g/mol. The van der Waals surface area contributed by atoms with Crippen LogP contribution in [0.15, 0.2) is 27.5 Å². The van der Waals surface area contributed by atoms with Crippen LogP contribution in [0.1, 0.15) is 12.1 Å². The molecule has 0 unspecified atom stereocenters. The van der Waals surface area contributed by atoms with Gasteiger partial charge >= 0.3 is 0 Å². The third-order valence-corrected chi connectivity index (χ3v) is 3.98. The van der Waals surface area contributed by atoms with E-state index >= 15 is 0 Å². The number of aryl methyl sites for hydroxylation is 1. The quantitative estimate of drug-likeness (QED) is 0.869. The van der Waals surface area contributed by atoms with Gasteiger partial charge in [-0.15, -0.1) is 0 Å². The van der Waals surface area contributed by atoms with Crippen molar-refractivity contribution in [2.45, 2.75) is 13.3 Å². The SMILES string of the molecule is Cc1nc(-c2ccc3c(c2)OCCCO3)[nH]c(=O)c1Br. The Morgan fingerprint density at radius 3 is 2.75 bits per heavy atom. The van der Waals surface area contributed by atoms with Gasteiger partial charge in [0.2, 0.25) is 0 Å². The van der Waals surface area contributed by atoms with E-state index in [-0.39, 0.29) is 5.56 Å². The highest BCUT2D eigenvalue weighted by Crippen LogP contribution is 2.33. The third kappa shape index (κ3) is 2.43. The minimum absolute atomic E-state index is 0.195. The van der Waals surface area contributed by atoms with E-state index in [1.165, 1.54) is 0 Å². The maximum atomic E-state index is 11.8. The molecule has 20 heavy (non-hydrogen) atoms. The van der Waals surface area contributed by atoms with Gasteiger partial charge in [0.1, 0.15) is 10.3 Å². The second-order valence-electron chi connectivity index (χ2n) is 4.53. The van der Waals surface area contributed by atoms with Crippen LogP contribution >= 0.6 is 15.9 Å². The summed E-state index contributed by atoms with van der Waals surface area (Å²) in [6.45, 7) is 3.06. The molecule has 2 aromatic rings. The smallest absolute Gasteiger partial charge is 0.265 e. The molecule has 0 amide bonds. The van der Waals surface area contributed by atoms with Crippen molar-refractivity contribution in [3.63, 3.8) is 0 Å². The Kier molecular flexibility index (Phi) is 3.48. The van der Waals surface area contributed by atoms with Crippen molar-refractivity contribution in [1.82, 2.24) is 9.97 Å². The van der Waals surface area contributed by atoms with Crippen molar-refractivity contribution >= 4 is 15.9 Å². The molecule has 1 aliphatic heterocycles. The summed E-state index contributed by atoms with van der Waals surface area (Å²) < 4.78 is 11.7. The van der Waals surface area contributed by atoms with E-state index in [1.54, 1.807) is 6.92 Å². The summed E-state index contributed by atoms with van der Waals surface area (Å²) in [5.74, 6) is 1.93. The molecule has 2 heterocycles. The van der Waals surface area contributed by atoms with Gasteiger partial charge in [0.25, 0.3) is 5.56 Å². The Labute approximate surface area is 124 Å². The van der Waals surface area contributed by atoms with Crippen LogP contribution in [0.25, 0.3) is 11.4 Å². The van der Waals surface area contributed by atoms with Crippen molar-refractivity contribution in [3.8, 4) is 22.9 Å². The van der Waals surface area contributed by atoms with Gasteiger partial charge in [-0.05, 0) is 41.1 Å². The molecule has 1 aromatic carbocycles. The van der Waals surface area contributed by atoms with E-state index in [0.717, 1.165) is 17.7 Å². The second kappa shape index (κ2) is 5.28. The summed E-state index contributed by atoms with van der Waals surface area (Å²) in [7, 11) is 0. The average molecular weight is 337 g/mol. The van der Waals surface area contributed by atoms with Crippen LogP contribution in [-0.2, 0) is 0 Å². The number of aromatic amines is 1. The lowest BCUT2D eigenvalue weighted by Gasteiger charge is -2.09. The highest BCUT2D eigenvalue weighted by molar-refractivity contribution is 9.10. The van der Waals surface area contributed by atoms with Crippen LogP contribution in [0.3, 0.4) is 0 Å². The van der Waals surface area contributed by atoms with E-state index in [9.17, 15) is 4.79 Å². The monoisotopic (exact) mass is 336 g/mol. The van der Waals surface area contributed by atoms with Gasteiger partial charge in [-0.2, -0.15) is 0 Å². The Hall–Kier alpha value is -1.82. The van der Waals surface area contributed by atoms with E-state index < -0.39 is 0 Å². The van der Waals surface area contributed by atoms with Gasteiger partial charge in [0.05, 0.1) is 18.9 Å². The van der Waals surface area contributed by atoms with Gasteiger partial charge in [0, 0.05) is 12.0 Å². The van der Waals surface area contributed by atoms with Crippen molar-refractivity contribution in [2.24, 2.45) is 0 Å². The Morgan fingerprint density at radius 2 is 2.00 bits per heavy atom. The number of halogens is 1. The summed E-state index contributed by atoms with van der Waals surface area (Å²) in [5.41, 5.74) is 1.25. The van der Waals surface area contributed by atoms with Gasteiger partial charge in [-0.25, -0.2) is 4.98 Å². The molecule has 0 bridgehead atoms. The molecule has 3 rings (SSSR count). The predicted octanol–water partition coefficient (Wildman–Crippen LogP) is 2.67. The van der Waals surface area contributed by atoms with Crippen molar-refractivity contribution in [2.75, 3.05) is 13.2 Å². The molecule has 0 aliphatic carbocycles. The summed E-state index contributed by atoms with van der Waals surface area (Å²) in [5, 5.41) is 0. The first kappa shape index (κ1) is 13.2. The average Bonchev–Trinajstić information content (AvgIpc) is 2.68. The summed E-state index contributed by atoms with van der Waals surface area (Å²) in [6.07, 6.45) is 0.858. The van der Waals surface area contributed by atoms with Gasteiger partial charge in [-0.3, -0.25) is 4.79 Å². The molecule has 6 heteroatoms. The Morgan fingerprint density at radius 1 is 1.25 bits per heavy atom. The highest BCUT2D eigenvalue weighted by atomic mass is 79.9. The Balaban J connectivity index is 2.07. The predicted molar refractivity (Wildman–Crippen MR) is 78.3 cm³/mol. The number of benzene rings is 1. The zero-order valence-electron chi connectivity index (χ0n) is 10.9. The van der Waals surface area contributed by atoms with E-state index in [0.29, 0.717) is 35.0 Å². The lowest BCUT2D eigenvalue weighted by molar-refractivity contribution is 0.297. The maximum Gasteiger partial charge on any atom is 0.265 e. The minimum atomic E-state index is -0.195. The minimum Gasteiger partial charge on any atom is -0.490 e. The first-order valence-electron chi connectivity index (χ1n) is 6.31. The molecule has 0 saturated heterocycles. The lowest BCUT2D eigenvalue weighted by atomic mass is 10.2. The summed E-state index contributed by atoms with van der Waals surface area (Å²) in [6, 6.07) is 5.54. The number of rotatable bonds is 1. The molecule has 0 saturated carbocycles. The van der Waals surface area contributed by atoms with Gasteiger partial charge < -0.3 is 14.5 Å². The fourth-order valence-electron chi connectivity index (χ4n) is 2.02. The molecule has 1 aliphatic rings. The maximum absolute atomic E-state index is 11.8. The molecule has 5 nitrogen and oxygen atoms in total. The second-order valence-corrected chi connectivity index (χ2v) is 5.32. The van der Waals surface area contributed by atoms with Crippen LogP contribution < -0.4 is 15.0 Å². The molecule has 1 N–H and O–H groups in total. The van der Waals surface area contributed by atoms with Crippen LogP contribution in [0, 0.1) is 6.92 Å². The highest BCUT2D eigenvalue weighted by Gasteiger charge is 2.13. The molecule has 0 spiro atoms. The van der Waals surface area contributed by atoms with Crippen LogP contribution in [0.5, 0.6) is 11.5 Å². The van der Waals surface area contributed by atoms with Crippen molar-refractivity contribution in [1.29, 1.82) is 0 Å². The zero-order valence-corrected chi connectivity index (χ0v) is 12.5. The number of hydrogen-bond donors (Lipinski definition) is 1. The standard InChI is InChI=1S/C14H13BrN2O3/c1-8-12(15)14(18)17-13(16-8)9-3-4-10-11(7-9)20-6-2-5-19-10/h3-4,7H,2,5-6H2,1H3,(H,16,17,18). The van der Waals surface area contributed by atoms with E-state index in [1.807, 2.05) is 18.2 Å². The number of aromatic nitrogens is 2. The fraction of sp³-hybridized carbons (Fsp3) is 0.286. The Bertz CT molecular complexity index is 712. The lowest BCUT2D eigenvalue weighted by Crippen LogP contribution is -2.11. The molecule has 104 valence electrons. The molecule has 0 radical (unpaired) electrons. The van der Waals surface area contributed by atoms with Crippen LogP contribution in [-0.4, -0.2) is 23.2 Å². The first-order chi connectivity index (χ1) is 9.65. The zero-order chi connectivity index (χ0) is 14.1. The van der Waals surface area contributed by atoms with Crippen LogP contribution in [0.2, 0.25) is 0 Å². The normalized spacial score (nSPS) is 13.9. The topological polar surface area (TPSA) is 64.2 Å². The largest absolute Gasteiger partial charge is 0.490 e. The van der Waals surface area contributed by atoms with Crippen LogP contribution in [0.4, 0.5) is 0 Å². The number of ether oxygens (including phenoxy) is 2. The van der Waals surface area contributed by atoms with Crippen molar-refractivity contribution in [3.05, 3.63) is 38.7 Å². The summed E-state index contributed by atoms with van der Waals surface area (Å²) in [4.78, 5) is 18.9. The van der Waals surface area contributed by atoms with E-state index in [2.05, 4.69) is 25.9 Å².